The van der Waals surface area contributed by atoms with Crippen molar-refractivity contribution in [2.24, 2.45) is 0 Å². The Morgan fingerprint density at radius 2 is 2.04 bits per heavy atom. The van der Waals surface area contributed by atoms with Crippen molar-refractivity contribution < 1.29 is 5.11 Å². The summed E-state index contributed by atoms with van der Waals surface area (Å²) in [5.41, 5.74) is 1.58. The Bertz CT molecular complexity index is 859. The van der Waals surface area contributed by atoms with E-state index in [0.29, 0.717) is 22.9 Å². The Morgan fingerprint density at radius 1 is 1.24 bits per heavy atom. The molecule has 132 valence electrons. The summed E-state index contributed by atoms with van der Waals surface area (Å²) in [4.78, 5) is 13.6. The molecule has 0 spiro atoms. The number of hydrogen-bond acceptors (Lipinski definition) is 8. The number of aromatic nitrogens is 6. The third kappa shape index (κ3) is 3.66. The number of aliphatic hydroxyl groups is 1. The van der Waals surface area contributed by atoms with Crippen molar-refractivity contribution >= 4 is 28.6 Å². The fourth-order valence-corrected chi connectivity index (χ4v) is 2.28. The van der Waals surface area contributed by atoms with E-state index in [0.717, 1.165) is 5.69 Å². The standard InChI is InChI=1S/C16H22N8O/c1-10(2)24-9-17-12-13(20-11-5-6-18-19-7-11)21-15(22-14(12)24)23-16(3,4)8-25/h5-7,9-10,25H,8H2,1-4H3,(H2,18,20,21,22,23). The van der Waals surface area contributed by atoms with Gasteiger partial charge in [-0.25, -0.2) is 4.98 Å². The van der Waals surface area contributed by atoms with Crippen molar-refractivity contribution in [1.82, 2.24) is 29.7 Å². The van der Waals surface area contributed by atoms with Gasteiger partial charge in [-0.15, -0.1) is 0 Å². The molecule has 0 saturated heterocycles. The van der Waals surface area contributed by atoms with Crippen LogP contribution in [-0.4, -0.2) is 47.0 Å². The number of aliphatic hydroxyl groups excluding tert-OH is 1. The highest BCUT2D eigenvalue weighted by atomic mass is 16.3. The lowest BCUT2D eigenvalue weighted by molar-refractivity contribution is 0.233. The van der Waals surface area contributed by atoms with Gasteiger partial charge >= 0.3 is 0 Å². The zero-order valence-electron chi connectivity index (χ0n) is 14.7. The van der Waals surface area contributed by atoms with Crippen LogP contribution in [0, 0.1) is 0 Å². The first kappa shape index (κ1) is 17.0. The van der Waals surface area contributed by atoms with Crippen molar-refractivity contribution in [3.8, 4) is 0 Å². The summed E-state index contributed by atoms with van der Waals surface area (Å²) < 4.78 is 1.98. The molecular weight excluding hydrogens is 320 g/mol. The molecule has 3 rings (SSSR count). The first-order valence-electron chi connectivity index (χ1n) is 8.07. The van der Waals surface area contributed by atoms with E-state index in [1.54, 1.807) is 24.8 Å². The van der Waals surface area contributed by atoms with Gasteiger partial charge in [-0.2, -0.15) is 20.2 Å². The SMILES string of the molecule is CC(C)n1cnc2c(Nc3ccnnc3)nc(NC(C)(C)CO)nc21. The highest BCUT2D eigenvalue weighted by Gasteiger charge is 2.20. The van der Waals surface area contributed by atoms with Crippen molar-refractivity contribution in [1.29, 1.82) is 0 Å². The van der Waals surface area contributed by atoms with Gasteiger partial charge in [-0.3, -0.25) is 0 Å². The van der Waals surface area contributed by atoms with Gasteiger partial charge in [-0.1, -0.05) is 0 Å². The molecule has 0 bridgehead atoms. The summed E-state index contributed by atoms with van der Waals surface area (Å²) in [7, 11) is 0. The van der Waals surface area contributed by atoms with Crippen LogP contribution < -0.4 is 10.6 Å². The zero-order chi connectivity index (χ0) is 18.0. The summed E-state index contributed by atoms with van der Waals surface area (Å²) in [6.45, 7) is 7.83. The van der Waals surface area contributed by atoms with Gasteiger partial charge in [0.1, 0.15) is 0 Å². The summed E-state index contributed by atoms with van der Waals surface area (Å²) in [5.74, 6) is 0.979. The minimum Gasteiger partial charge on any atom is -0.394 e. The Hall–Kier alpha value is -2.81. The molecule has 0 fully saturated rings. The maximum atomic E-state index is 9.51. The Labute approximate surface area is 145 Å². The van der Waals surface area contributed by atoms with Crippen molar-refractivity contribution in [3.05, 3.63) is 24.8 Å². The van der Waals surface area contributed by atoms with Gasteiger partial charge in [0.25, 0.3) is 0 Å². The van der Waals surface area contributed by atoms with E-state index in [4.69, 9.17) is 0 Å². The van der Waals surface area contributed by atoms with Gasteiger partial charge in [0.05, 0.1) is 36.6 Å². The average Bonchev–Trinajstić information content (AvgIpc) is 3.00. The molecule has 0 atom stereocenters. The Kier molecular flexibility index (Phi) is 4.49. The monoisotopic (exact) mass is 342 g/mol. The molecule has 0 aliphatic rings. The third-order valence-corrected chi connectivity index (χ3v) is 3.67. The second kappa shape index (κ2) is 6.60. The molecule has 25 heavy (non-hydrogen) atoms. The average molecular weight is 342 g/mol. The zero-order valence-corrected chi connectivity index (χ0v) is 14.7. The predicted molar refractivity (Wildman–Crippen MR) is 95.8 cm³/mol. The van der Waals surface area contributed by atoms with Crippen LogP contribution in [0.25, 0.3) is 11.2 Å². The number of imidazole rings is 1. The predicted octanol–water partition coefficient (Wildman–Crippen LogP) is 2.12. The number of rotatable bonds is 6. The van der Waals surface area contributed by atoms with Crippen LogP contribution >= 0.6 is 0 Å². The molecule has 0 unspecified atom stereocenters. The molecule has 0 aromatic carbocycles. The number of nitrogens with one attached hydrogen (secondary N) is 2. The van der Waals surface area contributed by atoms with E-state index < -0.39 is 5.54 Å². The number of anilines is 3. The minimum absolute atomic E-state index is 0.0467. The van der Waals surface area contributed by atoms with Gasteiger partial charge in [0, 0.05) is 6.04 Å². The number of nitrogens with zero attached hydrogens (tertiary/aromatic N) is 6. The largest absolute Gasteiger partial charge is 0.394 e. The lowest BCUT2D eigenvalue weighted by Gasteiger charge is -2.23. The van der Waals surface area contributed by atoms with E-state index in [-0.39, 0.29) is 12.6 Å². The van der Waals surface area contributed by atoms with Gasteiger partial charge < -0.3 is 20.3 Å². The molecule has 0 amide bonds. The van der Waals surface area contributed by atoms with Gasteiger partial charge in [-0.05, 0) is 33.8 Å². The molecule has 3 heterocycles. The molecule has 3 aromatic heterocycles. The topological polar surface area (TPSA) is 114 Å². The molecule has 3 N–H and O–H groups in total. The Balaban J connectivity index is 2.10. The van der Waals surface area contributed by atoms with Crippen LogP contribution in [-0.2, 0) is 0 Å². The van der Waals surface area contributed by atoms with E-state index >= 15 is 0 Å². The van der Waals surface area contributed by atoms with Crippen molar-refractivity contribution in [2.45, 2.75) is 39.3 Å². The third-order valence-electron chi connectivity index (χ3n) is 3.67. The molecule has 0 aliphatic heterocycles. The molecule has 9 heteroatoms. The second-order valence-corrected chi connectivity index (χ2v) is 6.74. The van der Waals surface area contributed by atoms with Crippen LogP contribution in [0.1, 0.15) is 33.7 Å². The summed E-state index contributed by atoms with van der Waals surface area (Å²) >= 11 is 0. The fourth-order valence-electron chi connectivity index (χ4n) is 2.28. The van der Waals surface area contributed by atoms with Crippen LogP contribution in [0.3, 0.4) is 0 Å². The minimum atomic E-state index is -0.550. The van der Waals surface area contributed by atoms with Crippen LogP contribution in [0.2, 0.25) is 0 Å². The Morgan fingerprint density at radius 3 is 2.68 bits per heavy atom. The van der Waals surface area contributed by atoms with Crippen LogP contribution in [0.4, 0.5) is 17.5 Å². The molecular formula is C16H22N8O. The number of hydrogen-bond donors (Lipinski definition) is 3. The molecule has 9 nitrogen and oxygen atoms in total. The maximum absolute atomic E-state index is 9.51. The first-order valence-corrected chi connectivity index (χ1v) is 8.07. The van der Waals surface area contributed by atoms with E-state index in [1.165, 1.54) is 0 Å². The molecule has 0 radical (unpaired) electrons. The maximum Gasteiger partial charge on any atom is 0.227 e. The van der Waals surface area contributed by atoms with Crippen LogP contribution in [0.5, 0.6) is 0 Å². The quantitative estimate of drug-likeness (QED) is 0.624. The molecule has 0 saturated carbocycles. The fraction of sp³-hybridized carbons (Fsp3) is 0.438. The van der Waals surface area contributed by atoms with E-state index in [1.807, 2.05) is 18.4 Å². The summed E-state index contributed by atoms with van der Waals surface area (Å²) in [6.07, 6.45) is 4.96. The number of fused-ring (bicyclic) bond motifs is 1. The second-order valence-electron chi connectivity index (χ2n) is 6.74. The lowest BCUT2D eigenvalue weighted by Crippen LogP contribution is -2.35. The molecule has 0 aliphatic carbocycles. The first-order chi connectivity index (χ1) is 11.9. The highest BCUT2D eigenvalue weighted by Crippen LogP contribution is 2.26. The normalized spacial score (nSPS) is 11.9. The van der Waals surface area contributed by atoms with Crippen molar-refractivity contribution in [2.75, 3.05) is 17.2 Å². The summed E-state index contributed by atoms with van der Waals surface area (Å²) in [6, 6.07) is 2.00. The highest BCUT2D eigenvalue weighted by molar-refractivity contribution is 5.86. The van der Waals surface area contributed by atoms with E-state index in [2.05, 4.69) is 49.6 Å². The smallest absolute Gasteiger partial charge is 0.227 e. The summed E-state index contributed by atoms with van der Waals surface area (Å²) in [5, 5.41) is 23.5. The van der Waals surface area contributed by atoms with Gasteiger partial charge in [0.2, 0.25) is 5.95 Å². The molecule has 3 aromatic rings. The van der Waals surface area contributed by atoms with Crippen LogP contribution in [0.15, 0.2) is 24.8 Å². The lowest BCUT2D eigenvalue weighted by atomic mass is 10.1. The van der Waals surface area contributed by atoms with Gasteiger partial charge in [0.15, 0.2) is 17.0 Å². The van der Waals surface area contributed by atoms with E-state index in [9.17, 15) is 5.11 Å². The van der Waals surface area contributed by atoms with Crippen molar-refractivity contribution in [3.63, 3.8) is 0 Å².